The molecule has 2 heteroatoms. The fourth-order valence-electron chi connectivity index (χ4n) is 4.26. The summed E-state index contributed by atoms with van der Waals surface area (Å²) in [7, 11) is 0. The SMILES string of the molecule is CCCCc1ccc(NC2(Nc3ccc(CCCC)cc3)CCCCC2)cc1. The van der Waals surface area contributed by atoms with Gasteiger partial charge in [-0.1, -0.05) is 57.4 Å². The quantitative estimate of drug-likeness (QED) is 0.417. The molecule has 0 aliphatic heterocycles. The van der Waals surface area contributed by atoms with E-state index < -0.39 is 0 Å². The third-order valence-electron chi connectivity index (χ3n) is 6.02. The van der Waals surface area contributed by atoms with Crippen molar-refractivity contribution in [2.24, 2.45) is 0 Å². The van der Waals surface area contributed by atoms with Crippen LogP contribution in [0.25, 0.3) is 0 Å². The van der Waals surface area contributed by atoms with Gasteiger partial charge in [0.25, 0.3) is 0 Å². The highest BCUT2D eigenvalue weighted by atomic mass is 15.2. The molecular weight excluding hydrogens is 340 g/mol. The third-order valence-corrected chi connectivity index (χ3v) is 6.02. The summed E-state index contributed by atoms with van der Waals surface area (Å²) in [5, 5.41) is 7.73. The second kappa shape index (κ2) is 10.5. The van der Waals surface area contributed by atoms with Gasteiger partial charge >= 0.3 is 0 Å². The number of aryl methyl sites for hydroxylation is 2. The molecular formula is C26H38N2. The third kappa shape index (κ3) is 6.02. The molecule has 3 rings (SSSR count). The van der Waals surface area contributed by atoms with Crippen molar-refractivity contribution in [2.75, 3.05) is 10.6 Å². The summed E-state index contributed by atoms with van der Waals surface area (Å²) in [4.78, 5) is 0. The highest BCUT2D eigenvalue weighted by molar-refractivity contribution is 5.53. The van der Waals surface area contributed by atoms with E-state index in [1.165, 1.54) is 93.1 Å². The summed E-state index contributed by atoms with van der Waals surface area (Å²) in [6, 6.07) is 18.2. The smallest absolute Gasteiger partial charge is 0.108 e. The highest BCUT2D eigenvalue weighted by Crippen LogP contribution is 2.33. The Morgan fingerprint density at radius 3 is 1.46 bits per heavy atom. The lowest BCUT2D eigenvalue weighted by molar-refractivity contribution is 0.359. The molecule has 0 heterocycles. The summed E-state index contributed by atoms with van der Waals surface area (Å²) in [5.41, 5.74) is 5.32. The lowest BCUT2D eigenvalue weighted by Crippen LogP contribution is -2.47. The summed E-state index contributed by atoms with van der Waals surface area (Å²) in [6.45, 7) is 4.51. The van der Waals surface area contributed by atoms with Gasteiger partial charge in [-0.3, -0.25) is 0 Å². The number of nitrogens with one attached hydrogen (secondary N) is 2. The fraction of sp³-hybridized carbons (Fsp3) is 0.538. The molecule has 2 N–H and O–H groups in total. The Morgan fingerprint density at radius 1 is 0.643 bits per heavy atom. The van der Waals surface area contributed by atoms with Crippen molar-refractivity contribution in [3.8, 4) is 0 Å². The molecule has 0 amide bonds. The van der Waals surface area contributed by atoms with Gasteiger partial charge in [0, 0.05) is 11.4 Å². The van der Waals surface area contributed by atoms with Crippen LogP contribution in [-0.4, -0.2) is 5.66 Å². The first-order valence-corrected chi connectivity index (χ1v) is 11.5. The first-order chi connectivity index (χ1) is 13.7. The van der Waals surface area contributed by atoms with Crippen LogP contribution in [0.4, 0.5) is 11.4 Å². The number of benzene rings is 2. The summed E-state index contributed by atoms with van der Waals surface area (Å²) in [5.74, 6) is 0. The van der Waals surface area contributed by atoms with Gasteiger partial charge in [0.05, 0.1) is 0 Å². The molecule has 2 aromatic rings. The van der Waals surface area contributed by atoms with Gasteiger partial charge < -0.3 is 10.6 Å². The Kier molecular flexibility index (Phi) is 7.82. The van der Waals surface area contributed by atoms with Crippen molar-refractivity contribution in [3.05, 3.63) is 59.7 Å². The monoisotopic (exact) mass is 378 g/mol. The largest absolute Gasteiger partial charge is 0.363 e. The Labute approximate surface area is 172 Å². The second-order valence-corrected chi connectivity index (χ2v) is 8.49. The molecule has 0 spiro atoms. The highest BCUT2D eigenvalue weighted by Gasteiger charge is 2.31. The maximum absolute atomic E-state index is 3.86. The molecule has 0 aromatic heterocycles. The van der Waals surface area contributed by atoms with E-state index in [9.17, 15) is 0 Å². The van der Waals surface area contributed by atoms with Gasteiger partial charge in [-0.2, -0.15) is 0 Å². The number of anilines is 2. The number of rotatable bonds is 10. The fourth-order valence-corrected chi connectivity index (χ4v) is 4.26. The van der Waals surface area contributed by atoms with Crippen molar-refractivity contribution in [3.63, 3.8) is 0 Å². The van der Waals surface area contributed by atoms with Gasteiger partial charge in [-0.15, -0.1) is 0 Å². The van der Waals surface area contributed by atoms with Crippen LogP contribution >= 0.6 is 0 Å². The van der Waals surface area contributed by atoms with Gasteiger partial charge in [0.1, 0.15) is 5.66 Å². The molecule has 0 radical (unpaired) electrons. The number of hydrogen-bond donors (Lipinski definition) is 2. The zero-order chi connectivity index (χ0) is 19.7. The van der Waals surface area contributed by atoms with E-state index in [-0.39, 0.29) is 5.66 Å². The average molecular weight is 379 g/mol. The molecule has 1 saturated carbocycles. The Bertz CT molecular complexity index is 626. The number of unbranched alkanes of at least 4 members (excludes halogenated alkanes) is 2. The van der Waals surface area contributed by atoms with Crippen molar-refractivity contribution in [1.29, 1.82) is 0 Å². The van der Waals surface area contributed by atoms with Gasteiger partial charge in [-0.05, 0) is 86.8 Å². The minimum Gasteiger partial charge on any atom is -0.363 e. The minimum atomic E-state index is -0.0336. The first-order valence-electron chi connectivity index (χ1n) is 11.5. The van der Waals surface area contributed by atoms with E-state index >= 15 is 0 Å². The van der Waals surface area contributed by atoms with Crippen LogP contribution in [-0.2, 0) is 12.8 Å². The molecule has 2 nitrogen and oxygen atoms in total. The molecule has 2 aromatic carbocycles. The topological polar surface area (TPSA) is 24.1 Å². The van der Waals surface area contributed by atoms with Crippen LogP contribution in [0.15, 0.2) is 48.5 Å². The molecule has 0 atom stereocenters. The van der Waals surface area contributed by atoms with Gasteiger partial charge in [-0.25, -0.2) is 0 Å². The Balaban J connectivity index is 1.68. The van der Waals surface area contributed by atoms with Crippen molar-refractivity contribution in [1.82, 2.24) is 0 Å². The van der Waals surface area contributed by atoms with E-state index in [1.807, 2.05) is 0 Å². The van der Waals surface area contributed by atoms with E-state index in [2.05, 4.69) is 73.0 Å². The van der Waals surface area contributed by atoms with Crippen molar-refractivity contribution >= 4 is 11.4 Å². The lowest BCUT2D eigenvalue weighted by atomic mass is 9.88. The van der Waals surface area contributed by atoms with E-state index in [0.717, 1.165) is 0 Å². The van der Waals surface area contributed by atoms with Crippen molar-refractivity contribution < 1.29 is 0 Å². The maximum atomic E-state index is 3.86. The van der Waals surface area contributed by atoms with Gasteiger partial charge in [0.2, 0.25) is 0 Å². The molecule has 152 valence electrons. The summed E-state index contributed by atoms with van der Waals surface area (Å²) in [6.07, 6.45) is 13.7. The van der Waals surface area contributed by atoms with E-state index in [1.54, 1.807) is 0 Å². The number of hydrogen-bond acceptors (Lipinski definition) is 2. The van der Waals surface area contributed by atoms with Crippen LogP contribution in [0, 0.1) is 0 Å². The molecule has 0 bridgehead atoms. The Morgan fingerprint density at radius 2 is 1.07 bits per heavy atom. The average Bonchev–Trinajstić information content (AvgIpc) is 2.73. The predicted molar refractivity (Wildman–Crippen MR) is 123 cm³/mol. The predicted octanol–water partition coefficient (Wildman–Crippen LogP) is 7.56. The first kappa shape index (κ1) is 20.8. The van der Waals surface area contributed by atoms with Crippen LogP contribution in [0.1, 0.15) is 82.8 Å². The molecule has 1 aliphatic carbocycles. The van der Waals surface area contributed by atoms with Crippen LogP contribution in [0.5, 0.6) is 0 Å². The van der Waals surface area contributed by atoms with Crippen LogP contribution in [0.3, 0.4) is 0 Å². The lowest BCUT2D eigenvalue weighted by Gasteiger charge is -2.40. The zero-order valence-electron chi connectivity index (χ0n) is 17.9. The molecule has 1 fully saturated rings. The van der Waals surface area contributed by atoms with Crippen molar-refractivity contribution in [2.45, 2.75) is 90.1 Å². The molecule has 1 aliphatic rings. The molecule has 28 heavy (non-hydrogen) atoms. The standard InChI is InChI=1S/C26H38N2/c1-3-5-10-22-12-16-24(17-13-22)27-26(20-8-7-9-21-26)28-25-18-14-23(15-19-25)11-6-4-2/h12-19,27-28H,3-11,20-21H2,1-2H3. The molecule has 0 unspecified atom stereocenters. The van der Waals surface area contributed by atoms with Crippen LogP contribution in [0.2, 0.25) is 0 Å². The summed E-state index contributed by atoms with van der Waals surface area (Å²) < 4.78 is 0. The zero-order valence-corrected chi connectivity index (χ0v) is 17.9. The molecule has 0 saturated heterocycles. The summed E-state index contributed by atoms with van der Waals surface area (Å²) >= 11 is 0. The van der Waals surface area contributed by atoms with E-state index in [0.29, 0.717) is 0 Å². The Hall–Kier alpha value is -1.96. The van der Waals surface area contributed by atoms with Gasteiger partial charge in [0.15, 0.2) is 0 Å². The van der Waals surface area contributed by atoms with E-state index in [4.69, 9.17) is 0 Å². The normalized spacial score (nSPS) is 15.9. The maximum Gasteiger partial charge on any atom is 0.108 e. The van der Waals surface area contributed by atoms with Crippen LogP contribution < -0.4 is 10.6 Å². The second-order valence-electron chi connectivity index (χ2n) is 8.49. The minimum absolute atomic E-state index is 0.0336.